The molecule has 0 saturated heterocycles. The van der Waals surface area contributed by atoms with Crippen LogP contribution in [-0.4, -0.2) is 57.5 Å². The Bertz CT molecular complexity index is 814. The molecule has 0 unspecified atom stereocenters. The number of anilines is 1. The topological polar surface area (TPSA) is 60.0 Å². The average molecular weight is 396 g/mol. The summed E-state index contributed by atoms with van der Waals surface area (Å²) in [7, 11) is 5.28. The predicted molar refractivity (Wildman–Crippen MR) is 122 cm³/mol. The Labute approximate surface area is 174 Å². The first-order valence-corrected chi connectivity index (χ1v) is 10.0. The zero-order valence-corrected chi connectivity index (χ0v) is 18.2. The molecule has 6 heteroatoms. The number of rotatable bonds is 8. The highest BCUT2D eigenvalue weighted by Crippen LogP contribution is 2.15. The number of nitrogens with zero attached hydrogens (tertiary/aromatic N) is 3. The van der Waals surface area contributed by atoms with Crippen molar-refractivity contribution in [2.45, 2.75) is 20.4 Å². The Morgan fingerprint density at radius 2 is 1.79 bits per heavy atom. The van der Waals surface area contributed by atoms with Gasteiger partial charge in [-0.1, -0.05) is 24.3 Å². The van der Waals surface area contributed by atoms with Crippen molar-refractivity contribution in [2.75, 3.05) is 45.7 Å². The number of guanidine groups is 1. The minimum Gasteiger partial charge on any atom is -0.370 e. The van der Waals surface area contributed by atoms with E-state index in [4.69, 9.17) is 0 Å². The van der Waals surface area contributed by atoms with Gasteiger partial charge in [0.15, 0.2) is 5.96 Å². The summed E-state index contributed by atoms with van der Waals surface area (Å²) in [6, 6.07) is 16.2. The van der Waals surface area contributed by atoms with Gasteiger partial charge in [-0.05, 0) is 49.2 Å². The van der Waals surface area contributed by atoms with E-state index in [0.717, 1.165) is 31.2 Å². The van der Waals surface area contributed by atoms with E-state index in [1.807, 2.05) is 24.3 Å². The third kappa shape index (κ3) is 6.82. The van der Waals surface area contributed by atoms with Gasteiger partial charge >= 0.3 is 0 Å². The van der Waals surface area contributed by atoms with Crippen molar-refractivity contribution >= 4 is 17.6 Å². The summed E-state index contributed by atoms with van der Waals surface area (Å²) in [4.78, 5) is 20.2. The zero-order chi connectivity index (χ0) is 21.2. The molecule has 29 heavy (non-hydrogen) atoms. The number of aryl methyl sites for hydroxylation is 1. The highest BCUT2D eigenvalue weighted by Gasteiger charge is 2.08. The number of likely N-dealkylation sites (N-methyl/N-ethyl adjacent to an activating group) is 1. The lowest BCUT2D eigenvalue weighted by atomic mass is 10.1. The molecule has 2 rings (SSSR count). The Kier molecular flexibility index (Phi) is 8.52. The Balaban J connectivity index is 1.82. The Hall–Kier alpha value is -3.02. The van der Waals surface area contributed by atoms with Crippen molar-refractivity contribution in [1.29, 1.82) is 0 Å². The maximum atomic E-state index is 12.0. The molecule has 156 valence electrons. The molecule has 0 radical (unpaired) electrons. The molecule has 0 aromatic heterocycles. The molecular weight excluding hydrogens is 362 g/mol. The lowest BCUT2D eigenvalue weighted by Crippen LogP contribution is -2.41. The quantitative estimate of drug-likeness (QED) is 0.533. The van der Waals surface area contributed by atoms with Crippen molar-refractivity contribution in [3.05, 3.63) is 65.2 Å². The van der Waals surface area contributed by atoms with Crippen LogP contribution >= 0.6 is 0 Å². The Morgan fingerprint density at radius 1 is 1.07 bits per heavy atom. The van der Waals surface area contributed by atoms with Gasteiger partial charge in [0, 0.05) is 58.6 Å². The van der Waals surface area contributed by atoms with Gasteiger partial charge in [-0.2, -0.15) is 0 Å². The molecule has 6 nitrogen and oxygen atoms in total. The molecule has 0 heterocycles. The predicted octanol–water partition coefficient (Wildman–Crippen LogP) is 2.89. The monoisotopic (exact) mass is 395 g/mol. The summed E-state index contributed by atoms with van der Waals surface area (Å²) in [5, 5.41) is 6.69. The van der Waals surface area contributed by atoms with E-state index in [0.29, 0.717) is 12.1 Å². The average Bonchev–Trinajstić information content (AvgIpc) is 2.73. The van der Waals surface area contributed by atoms with E-state index in [9.17, 15) is 4.79 Å². The van der Waals surface area contributed by atoms with E-state index < -0.39 is 0 Å². The molecular formula is C23H33N5O. The molecule has 0 bridgehead atoms. The number of carbonyl (C=O) groups excluding carboxylic acids is 1. The van der Waals surface area contributed by atoms with Crippen LogP contribution in [0.3, 0.4) is 0 Å². The van der Waals surface area contributed by atoms with Crippen LogP contribution in [0.25, 0.3) is 0 Å². The number of aliphatic imine (C=N–C) groups is 1. The number of hydrogen-bond donors (Lipinski definition) is 2. The van der Waals surface area contributed by atoms with Gasteiger partial charge in [-0.15, -0.1) is 0 Å². The van der Waals surface area contributed by atoms with Crippen LogP contribution in [0.2, 0.25) is 0 Å². The van der Waals surface area contributed by atoms with Gasteiger partial charge in [0.2, 0.25) is 0 Å². The lowest BCUT2D eigenvalue weighted by molar-refractivity contribution is 0.0827. The number of benzene rings is 2. The molecule has 2 N–H and O–H groups in total. The minimum atomic E-state index is 0.0103. The molecule has 0 spiro atoms. The van der Waals surface area contributed by atoms with Gasteiger partial charge in [0.25, 0.3) is 5.91 Å². The van der Waals surface area contributed by atoms with E-state index in [-0.39, 0.29) is 5.91 Å². The fourth-order valence-corrected chi connectivity index (χ4v) is 3.03. The lowest BCUT2D eigenvalue weighted by Gasteiger charge is -2.24. The molecule has 0 aliphatic carbocycles. The van der Waals surface area contributed by atoms with Crippen LogP contribution < -0.4 is 15.5 Å². The molecule has 0 saturated carbocycles. The first kappa shape index (κ1) is 22.3. The van der Waals surface area contributed by atoms with Crippen LogP contribution in [0, 0.1) is 6.92 Å². The molecule has 0 aliphatic rings. The standard InChI is InChI=1S/C23H33N5O/c1-6-28(21-9-7-8-18(2)16-21)15-14-25-23(24-3)26-17-19-10-12-20(13-11-19)22(29)27(4)5/h7-13,16H,6,14-15,17H2,1-5H3,(H2,24,25,26). The summed E-state index contributed by atoms with van der Waals surface area (Å²) >= 11 is 0. The van der Waals surface area contributed by atoms with Gasteiger partial charge < -0.3 is 20.4 Å². The third-order valence-corrected chi connectivity index (χ3v) is 4.71. The largest absolute Gasteiger partial charge is 0.370 e. The van der Waals surface area contributed by atoms with Crippen LogP contribution in [-0.2, 0) is 6.54 Å². The van der Waals surface area contributed by atoms with Gasteiger partial charge in [0.05, 0.1) is 0 Å². The van der Waals surface area contributed by atoms with Crippen LogP contribution in [0.1, 0.15) is 28.4 Å². The number of amides is 1. The number of nitrogens with one attached hydrogen (secondary N) is 2. The molecule has 0 atom stereocenters. The molecule has 2 aromatic carbocycles. The fraction of sp³-hybridized carbons (Fsp3) is 0.391. The maximum Gasteiger partial charge on any atom is 0.253 e. The minimum absolute atomic E-state index is 0.0103. The van der Waals surface area contributed by atoms with Gasteiger partial charge in [0.1, 0.15) is 0 Å². The van der Waals surface area contributed by atoms with Crippen molar-refractivity contribution in [2.24, 2.45) is 4.99 Å². The van der Waals surface area contributed by atoms with Crippen molar-refractivity contribution in [1.82, 2.24) is 15.5 Å². The van der Waals surface area contributed by atoms with Crippen LogP contribution in [0.15, 0.2) is 53.5 Å². The van der Waals surface area contributed by atoms with E-state index in [2.05, 4.69) is 58.6 Å². The molecule has 0 fully saturated rings. The summed E-state index contributed by atoms with van der Waals surface area (Å²) in [6.45, 7) is 7.56. The first-order chi connectivity index (χ1) is 13.9. The molecule has 1 amide bonds. The second-order valence-electron chi connectivity index (χ2n) is 7.17. The second-order valence-corrected chi connectivity index (χ2v) is 7.17. The van der Waals surface area contributed by atoms with Crippen LogP contribution in [0.5, 0.6) is 0 Å². The third-order valence-electron chi connectivity index (χ3n) is 4.71. The summed E-state index contributed by atoms with van der Waals surface area (Å²) in [5.41, 5.74) is 4.30. The molecule has 0 aliphatic heterocycles. The second kappa shape index (κ2) is 11.1. The maximum absolute atomic E-state index is 12.0. The van der Waals surface area contributed by atoms with Gasteiger partial charge in [-0.3, -0.25) is 9.79 Å². The summed E-state index contributed by atoms with van der Waals surface area (Å²) < 4.78 is 0. The van der Waals surface area contributed by atoms with Crippen molar-refractivity contribution in [3.63, 3.8) is 0 Å². The van der Waals surface area contributed by atoms with Crippen molar-refractivity contribution < 1.29 is 4.79 Å². The number of hydrogen-bond acceptors (Lipinski definition) is 3. The van der Waals surface area contributed by atoms with E-state index in [1.54, 1.807) is 26.0 Å². The first-order valence-electron chi connectivity index (χ1n) is 10.0. The fourth-order valence-electron chi connectivity index (χ4n) is 3.03. The van der Waals surface area contributed by atoms with E-state index in [1.165, 1.54) is 11.3 Å². The van der Waals surface area contributed by atoms with Gasteiger partial charge in [-0.25, -0.2) is 0 Å². The Morgan fingerprint density at radius 3 is 2.38 bits per heavy atom. The zero-order valence-electron chi connectivity index (χ0n) is 18.2. The number of carbonyl (C=O) groups is 1. The molecule has 2 aromatic rings. The highest BCUT2D eigenvalue weighted by molar-refractivity contribution is 5.93. The highest BCUT2D eigenvalue weighted by atomic mass is 16.2. The normalized spacial score (nSPS) is 11.1. The van der Waals surface area contributed by atoms with Crippen LogP contribution in [0.4, 0.5) is 5.69 Å². The summed E-state index contributed by atoms with van der Waals surface area (Å²) in [5.74, 6) is 0.773. The smallest absolute Gasteiger partial charge is 0.253 e. The SMILES string of the molecule is CCN(CCNC(=NC)NCc1ccc(C(=O)N(C)C)cc1)c1cccc(C)c1. The summed E-state index contributed by atoms with van der Waals surface area (Å²) in [6.07, 6.45) is 0. The van der Waals surface area contributed by atoms with Crippen molar-refractivity contribution in [3.8, 4) is 0 Å². The van der Waals surface area contributed by atoms with E-state index >= 15 is 0 Å².